The average Bonchev–Trinajstić information content (AvgIpc) is 2.80. The van der Waals surface area contributed by atoms with Crippen LogP contribution in [0.1, 0.15) is 44.3 Å². The van der Waals surface area contributed by atoms with Gasteiger partial charge in [-0.25, -0.2) is 4.98 Å². The fourth-order valence-corrected chi connectivity index (χ4v) is 5.23. The van der Waals surface area contributed by atoms with Crippen LogP contribution in [0.5, 0.6) is 0 Å². The van der Waals surface area contributed by atoms with Crippen molar-refractivity contribution in [2.45, 2.75) is 51.0 Å². The van der Waals surface area contributed by atoms with E-state index in [1.807, 2.05) is 23.1 Å². The molecule has 2 aromatic rings. The molecular weight excluding hydrogens is 392 g/mol. The maximum atomic E-state index is 13.1. The highest BCUT2D eigenvalue weighted by molar-refractivity contribution is 5.78. The third-order valence-corrected chi connectivity index (χ3v) is 6.84. The zero-order chi connectivity index (χ0) is 21.6. The molecule has 2 fully saturated rings. The molecule has 2 aliphatic heterocycles. The van der Waals surface area contributed by atoms with E-state index in [1.54, 1.807) is 13.2 Å². The Morgan fingerprint density at radius 2 is 2.06 bits per heavy atom. The summed E-state index contributed by atoms with van der Waals surface area (Å²) >= 11 is 0. The predicted octanol–water partition coefficient (Wildman–Crippen LogP) is 2.60. The van der Waals surface area contributed by atoms with E-state index in [4.69, 9.17) is 4.74 Å². The molecule has 0 radical (unpaired) electrons. The summed E-state index contributed by atoms with van der Waals surface area (Å²) in [5.74, 6) is 1.22. The van der Waals surface area contributed by atoms with Crippen LogP contribution in [0.3, 0.4) is 0 Å². The lowest BCUT2D eigenvalue weighted by atomic mass is 9.83. The van der Waals surface area contributed by atoms with Gasteiger partial charge in [-0.05, 0) is 56.8 Å². The maximum absolute atomic E-state index is 13.1. The van der Waals surface area contributed by atoms with Crippen molar-refractivity contribution >= 4 is 16.8 Å². The summed E-state index contributed by atoms with van der Waals surface area (Å²) < 4.78 is 5.28. The summed E-state index contributed by atoms with van der Waals surface area (Å²) in [6.45, 7) is 4.35. The van der Waals surface area contributed by atoms with Gasteiger partial charge in [0.15, 0.2) is 0 Å². The molecule has 0 saturated carbocycles. The lowest BCUT2D eigenvalue weighted by Crippen LogP contribution is -2.52. The summed E-state index contributed by atoms with van der Waals surface area (Å²) in [7, 11) is 1.68. The normalized spacial score (nSPS) is 21.7. The van der Waals surface area contributed by atoms with Crippen LogP contribution in [0.25, 0.3) is 10.9 Å². The first-order chi connectivity index (χ1) is 15.2. The number of carbonyl (C=O) groups excluding carboxylic acids is 1. The number of H-pyrrole nitrogens is 1. The second-order valence-electron chi connectivity index (χ2n) is 8.86. The van der Waals surface area contributed by atoms with E-state index in [9.17, 15) is 9.59 Å². The number of hydrogen-bond acceptors (Lipinski definition) is 5. The number of carbonyl (C=O) groups is 1. The first-order valence-electron chi connectivity index (χ1n) is 11.6. The number of nitrogens with one attached hydrogen (secondary N) is 1. The lowest BCUT2D eigenvalue weighted by molar-refractivity contribution is -0.133. The predicted molar refractivity (Wildman–Crippen MR) is 121 cm³/mol. The molecule has 168 valence electrons. The fourth-order valence-electron chi connectivity index (χ4n) is 5.23. The second kappa shape index (κ2) is 10.4. The molecule has 4 rings (SSSR count). The number of aromatic amines is 1. The number of methoxy groups -OCH3 is 1. The Morgan fingerprint density at radius 1 is 1.23 bits per heavy atom. The summed E-state index contributed by atoms with van der Waals surface area (Å²) in [5.41, 5.74) is 0.522. The van der Waals surface area contributed by atoms with E-state index in [0.29, 0.717) is 54.7 Å². The molecule has 0 bridgehead atoms. The van der Waals surface area contributed by atoms with E-state index in [2.05, 4.69) is 14.9 Å². The molecule has 0 unspecified atom stereocenters. The summed E-state index contributed by atoms with van der Waals surface area (Å²) in [6, 6.07) is 7.91. The van der Waals surface area contributed by atoms with Crippen molar-refractivity contribution in [1.29, 1.82) is 0 Å². The number of amides is 1. The Labute approximate surface area is 183 Å². The maximum Gasteiger partial charge on any atom is 0.258 e. The molecule has 2 aliphatic rings. The van der Waals surface area contributed by atoms with Gasteiger partial charge < -0.3 is 19.5 Å². The highest BCUT2D eigenvalue weighted by atomic mass is 16.5. The van der Waals surface area contributed by atoms with E-state index < -0.39 is 0 Å². The van der Waals surface area contributed by atoms with Gasteiger partial charge in [0.25, 0.3) is 5.56 Å². The van der Waals surface area contributed by atoms with E-state index in [0.717, 1.165) is 6.54 Å². The van der Waals surface area contributed by atoms with Crippen LogP contribution >= 0.6 is 0 Å². The Balaban J connectivity index is 1.41. The number of para-hydroxylation sites is 1. The van der Waals surface area contributed by atoms with Gasteiger partial charge >= 0.3 is 0 Å². The fraction of sp³-hybridized carbons (Fsp3) is 0.625. The topological polar surface area (TPSA) is 78.5 Å². The number of rotatable bonds is 8. The summed E-state index contributed by atoms with van der Waals surface area (Å²) in [5, 5.41) is 0.577. The van der Waals surface area contributed by atoms with Crippen molar-refractivity contribution in [2.75, 3.05) is 39.9 Å². The van der Waals surface area contributed by atoms with Gasteiger partial charge in [0.1, 0.15) is 5.82 Å². The Bertz CT molecular complexity index is 942. The highest BCUT2D eigenvalue weighted by Crippen LogP contribution is 2.31. The number of hydrogen-bond donors (Lipinski definition) is 1. The van der Waals surface area contributed by atoms with Crippen molar-refractivity contribution in [3.63, 3.8) is 0 Å². The lowest BCUT2D eigenvalue weighted by Gasteiger charge is -2.45. The second-order valence-corrected chi connectivity index (χ2v) is 8.86. The third kappa shape index (κ3) is 5.33. The van der Waals surface area contributed by atoms with E-state index in [1.165, 1.54) is 45.2 Å². The molecule has 2 saturated heterocycles. The minimum atomic E-state index is -0.149. The SMILES string of the molecule is COCCN(C[C@@H]1CCCN2CCCC[C@H]12)C(=O)CCc1nc2ccccc2c(=O)[nH]1. The standard InChI is InChI=1S/C24H34N4O3/c1-31-16-15-28(17-18-7-6-14-27-13-5-4-10-21(18)27)23(29)12-11-22-25-20-9-3-2-8-19(20)24(30)26-22/h2-3,8-9,18,21H,4-7,10-17H2,1H3,(H,25,26,30)/t18-,21+/m0/s1. The zero-order valence-electron chi connectivity index (χ0n) is 18.5. The molecule has 7 nitrogen and oxygen atoms in total. The van der Waals surface area contributed by atoms with Gasteiger partial charge in [0, 0.05) is 39.1 Å². The van der Waals surface area contributed by atoms with Crippen molar-refractivity contribution in [1.82, 2.24) is 19.8 Å². The monoisotopic (exact) mass is 426 g/mol. The summed E-state index contributed by atoms with van der Waals surface area (Å²) in [6.07, 6.45) is 7.03. The Kier molecular flexibility index (Phi) is 7.35. The van der Waals surface area contributed by atoms with Crippen LogP contribution in [-0.2, 0) is 16.0 Å². The molecule has 31 heavy (non-hydrogen) atoms. The quantitative estimate of drug-likeness (QED) is 0.702. The number of aromatic nitrogens is 2. The first kappa shape index (κ1) is 22.0. The molecule has 3 heterocycles. The minimum absolute atomic E-state index is 0.112. The molecular formula is C24H34N4O3. The Morgan fingerprint density at radius 3 is 2.94 bits per heavy atom. The molecule has 1 aromatic carbocycles. The van der Waals surface area contributed by atoms with Gasteiger partial charge in [0.2, 0.25) is 5.91 Å². The first-order valence-corrected chi connectivity index (χ1v) is 11.6. The molecule has 0 spiro atoms. The van der Waals surface area contributed by atoms with Crippen LogP contribution in [0.2, 0.25) is 0 Å². The van der Waals surface area contributed by atoms with E-state index in [-0.39, 0.29) is 11.5 Å². The van der Waals surface area contributed by atoms with Gasteiger partial charge in [-0.3, -0.25) is 9.59 Å². The minimum Gasteiger partial charge on any atom is -0.383 e. The van der Waals surface area contributed by atoms with Crippen LogP contribution < -0.4 is 5.56 Å². The number of piperidine rings is 2. The number of nitrogens with zero attached hydrogens (tertiary/aromatic N) is 3. The van der Waals surface area contributed by atoms with Crippen LogP contribution in [-0.4, -0.2) is 71.6 Å². The van der Waals surface area contributed by atoms with Crippen LogP contribution in [0.15, 0.2) is 29.1 Å². The number of benzene rings is 1. The molecule has 1 aromatic heterocycles. The smallest absolute Gasteiger partial charge is 0.258 e. The van der Waals surface area contributed by atoms with Crippen LogP contribution in [0, 0.1) is 5.92 Å². The van der Waals surface area contributed by atoms with Crippen molar-refractivity contribution < 1.29 is 9.53 Å². The van der Waals surface area contributed by atoms with Gasteiger partial charge in [-0.1, -0.05) is 18.6 Å². The zero-order valence-corrected chi connectivity index (χ0v) is 18.5. The molecule has 1 amide bonds. The molecule has 0 aliphatic carbocycles. The van der Waals surface area contributed by atoms with Crippen molar-refractivity contribution in [3.05, 3.63) is 40.4 Å². The third-order valence-electron chi connectivity index (χ3n) is 6.84. The van der Waals surface area contributed by atoms with Crippen molar-refractivity contribution in [2.24, 2.45) is 5.92 Å². The molecule has 7 heteroatoms. The summed E-state index contributed by atoms with van der Waals surface area (Å²) in [4.78, 5) is 37.4. The Hall–Kier alpha value is -2.25. The van der Waals surface area contributed by atoms with Gasteiger partial charge in [-0.15, -0.1) is 0 Å². The number of ether oxygens (including phenoxy) is 1. The number of aryl methyl sites for hydroxylation is 1. The molecule has 1 N–H and O–H groups in total. The molecule has 2 atom stereocenters. The highest BCUT2D eigenvalue weighted by Gasteiger charge is 2.34. The van der Waals surface area contributed by atoms with E-state index >= 15 is 0 Å². The van der Waals surface area contributed by atoms with Gasteiger partial charge in [-0.2, -0.15) is 0 Å². The largest absolute Gasteiger partial charge is 0.383 e. The number of fused-ring (bicyclic) bond motifs is 2. The van der Waals surface area contributed by atoms with Crippen LogP contribution in [0.4, 0.5) is 0 Å². The van der Waals surface area contributed by atoms with Crippen molar-refractivity contribution in [3.8, 4) is 0 Å². The van der Waals surface area contributed by atoms with Gasteiger partial charge in [0.05, 0.1) is 17.5 Å². The average molecular weight is 427 g/mol.